The maximum Gasteiger partial charge on any atom is 0.236 e. The first kappa shape index (κ1) is 21.4. The second-order valence-corrected chi connectivity index (χ2v) is 8.57. The van der Waals surface area contributed by atoms with Gasteiger partial charge < -0.3 is 14.7 Å². The van der Waals surface area contributed by atoms with Gasteiger partial charge in [0.2, 0.25) is 5.91 Å². The molecule has 0 radical (unpaired) electrons. The van der Waals surface area contributed by atoms with E-state index in [1.54, 1.807) is 6.92 Å². The van der Waals surface area contributed by atoms with Crippen molar-refractivity contribution in [2.75, 3.05) is 68.7 Å². The van der Waals surface area contributed by atoms with Crippen LogP contribution in [0.3, 0.4) is 0 Å². The third kappa shape index (κ3) is 5.25. The fraction of sp³-hybridized carbons (Fsp3) is 0.440. The summed E-state index contributed by atoms with van der Waals surface area (Å²) in [5, 5.41) is 0. The van der Waals surface area contributed by atoms with Crippen molar-refractivity contribution in [1.29, 1.82) is 0 Å². The van der Waals surface area contributed by atoms with Crippen LogP contribution in [0.1, 0.15) is 22.8 Å². The van der Waals surface area contributed by atoms with Crippen molar-refractivity contribution in [3.8, 4) is 0 Å². The van der Waals surface area contributed by atoms with E-state index in [1.807, 2.05) is 29.2 Å². The van der Waals surface area contributed by atoms with Crippen molar-refractivity contribution in [3.05, 3.63) is 59.7 Å². The number of aryl methyl sites for hydroxylation is 1. The van der Waals surface area contributed by atoms with Gasteiger partial charge in [-0.1, -0.05) is 12.1 Å². The van der Waals surface area contributed by atoms with Gasteiger partial charge in [-0.2, -0.15) is 0 Å². The van der Waals surface area contributed by atoms with Crippen molar-refractivity contribution in [3.63, 3.8) is 0 Å². The number of piperazine rings is 2. The number of nitrogens with zero attached hydrogens (tertiary/aromatic N) is 4. The van der Waals surface area contributed by atoms with Crippen molar-refractivity contribution in [2.45, 2.75) is 13.8 Å². The van der Waals surface area contributed by atoms with Gasteiger partial charge in [0, 0.05) is 69.3 Å². The molecule has 4 rings (SSSR count). The second kappa shape index (κ2) is 9.52. The number of carbonyl (C=O) groups is 2. The van der Waals surface area contributed by atoms with E-state index in [9.17, 15) is 9.59 Å². The molecule has 31 heavy (non-hydrogen) atoms. The third-order valence-corrected chi connectivity index (χ3v) is 6.37. The minimum Gasteiger partial charge on any atom is -0.369 e. The van der Waals surface area contributed by atoms with Crippen LogP contribution >= 0.6 is 0 Å². The van der Waals surface area contributed by atoms with E-state index < -0.39 is 0 Å². The van der Waals surface area contributed by atoms with Crippen LogP contribution in [0.25, 0.3) is 0 Å². The minimum absolute atomic E-state index is 0.0922. The Kier molecular flexibility index (Phi) is 6.56. The molecule has 2 aliphatic heterocycles. The zero-order valence-corrected chi connectivity index (χ0v) is 18.6. The molecule has 0 atom stereocenters. The third-order valence-electron chi connectivity index (χ3n) is 6.37. The summed E-state index contributed by atoms with van der Waals surface area (Å²) in [5.41, 5.74) is 4.41. The van der Waals surface area contributed by atoms with E-state index in [-0.39, 0.29) is 11.7 Å². The van der Waals surface area contributed by atoms with E-state index in [0.29, 0.717) is 6.54 Å². The molecule has 0 saturated carbocycles. The number of ketones is 1. The van der Waals surface area contributed by atoms with Crippen LogP contribution in [0.2, 0.25) is 0 Å². The summed E-state index contributed by atoms with van der Waals surface area (Å²) in [7, 11) is 0. The van der Waals surface area contributed by atoms with E-state index in [0.717, 1.165) is 63.6 Å². The molecule has 0 aliphatic carbocycles. The van der Waals surface area contributed by atoms with E-state index >= 15 is 0 Å². The predicted molar refractivity (Wildman–Crippen MR) is 125 cm³/mol. The van der Waals surface area contributed by atoms with Crippen molar-refractivity contribution in [1.82, 2.24) is 9.80 Å². The highest BCUT2D eigenvalue weighted by Crippen LogP contribution is 2.19. The molecule has 164 valence electrons. The molecule has 2 heterocycles. The lowest BCUT2D eigenvalue weighted by atomic mass is 10.1. The minimum atomic E-state index is 0.0922. The van der Waals surface area contributed by atoms with Gasteiger partial charge >= 0.3 is 0 Å². The predicted octanol–water partition coefficient (Wildman–Crippen LogP) is 2.67. The Morgan fingerprint density at radius 1 is 0.774 bits per heavy atom. The van der Waals surface area contributed by atoms with E-state index in [1.165, 1.54) is 11.3 Å². The number of amides is 1. The highest BCUT2D eigenvalue weighted by molar-refractivity contribution is 5.94. The Balaban J connectivity index is 1.23. The Labute approximate surface area is 185 Å². The van der Waals surface area contributed by atoms with Gasteiger partial charge in [0.15, 0.2) is 5.78 Å². The summed E-state index contributed by atoms with van der Waals surface area (Å²) in [4.78, 5) is 33.3. The van der Waals surface area contributed by atoms with Crippen LogP contribution in [-0.4, -0.2) is 80.4 Å². The van der Waals surface area contributed by atoms with Crippen LogP contribution in [0, 0.1) is 6.92 Å². The lowest BCUT2D eigenvalue weighted by Gasteiger charge is -2.39. The van der Waals surface area contributed by atoms with E-state index in [4.69, 9.17) is 0 Å². The van der Waals surface area contributed by atoms with Crippen LogP contribution in [0.15, 0.2) is 48.5 Å². The summed E-state index contributed by atoms with van der Waals surface area (Å²) < 4.78 is 0. The van der Waals surface area contributed by atoms with Gasteiger partial charge in [0.1, 0.15) is 0 Å². The van der Waals surface area contributed by atoms with Gasteiger partial charge in [-0.05, 0) is 55.8 Å². The second-order valence-electron chi connectivity index (χ2n) is 8.57. The lowest BCUT2D eigenvalue weighted by molar-refractivity contribution is -0.132. The molecule has 2 aromatic carbocycles. The number of rotatable bonds is 5. The molecular weight excluding hydrogens is 388 g/mol. The zero-order chi connectivity index (χ0) is 21.8. The SMILES string of the molecule is CC(=O)c1ccc(N2CCN(CC(=O)N3CCN(c4cccc(C)c4)CC3)CC2)cc1. The van der Waals surface area contributed by atoms with Gasteiger partial charge in [-0.15, -0.1) is 0 Å². The first-order valence-electron chi connectivity index (χ1n) is 11.2. The fourth-order valence-electron chi connectivity index (χ4n) is 4.40. The Hall–Kier alpha value is -2.86. The molecule has 1 amide bonds. The highest BCUT2D eigenvalue weighted by Gasteiger charge is 2.25. The topological polar surface area (TPSA) is 47.1 Å². The summed E-state index contributed by atoms with van der Waals surface area (Å²) in [6.07, 6.45) is 0. The van der Waals surface area contributed by atoms with Crippen molar-refractivity contribution >= 4 is 23.1 Å². The zero-order valence-electron chi connectivity index (χ0n) is 18.6. The Morgan fingerprint density at radius 2 is 1.39 bits per heavy atom. The summed E-state index contributed by atoms with van der Waals surface area (Å²) >= 11 is 0. The molecule has 2 fully saturated rings. The van der Waals surface area contributed by atoms with Crippen LogP contribution < -0.4 is 9.80 Å². The molecular formula is C25H32N4O2. The maximum atomic E-state index is 12.8. The maximum absolute atomic E-state index is 12.8. The van der Waals surface area contributed by atoms with Crippen LogP contribution in [0.5, 0.6) is 0 Å². The largest absolute Gasteiger partial charge is 0.369 e. The molecule has 0 unspecified atom stereocenters. The molecule has 6 nitrogen and oxygen atoms in total. The quantitative estimate of drug-likeness (QED) is 0.696. The first-order chi connectivity index (χ1) is 15.0. The smallest absolute Gasteiger partial charge is 0.236 e. The van der Waals surface area contributed by atoms with Gasteiger partial charge in [-0.25, -0.2) is 0 Å². The number of carbonyl (C=O) groups excluding carboxylic acids is 2. The molecule has 6 heteroatoms. The van der Waals surface area contributed by atoms with Crippen LogP contribution in [0.4, 0.5) is 11.4 Å². The average molecular weight is 421 g/mol. The molecule has 0 N–H and O–H groups in total. The highest BCUT2D eigenvalue weighted by atomic mass is 16.2. The molecule has 2 saturated heterocycles. The van der Waals surface area contributed by atoms with Gasteiger partial charge in [0.05, 0.1) is 6.54 Å². The number of hydrogen-bond donors (Lipinski definition) is 0. The number of hydrogen-bond acceptors (Lipinski definition) is 5. The molecule has 2 aromatic rings. The van der Waals surface area contributed by atoms with Gasteiger partial charge in [-0.3, -0.25) is 14.5 Å². The number of benzene rings is 2. The fourth-order valence-corrected chi connectivity index (χ4v) is 4.40. The monoisotopic (exact) mass is 420 g/mol. The normalized spacial score (nSPS) is 17.7. The van der Waals surface area contributed by atoms with Crippen molar-refractivity contribution in [2.24, 2.45) is 0 Å². The first-order valence-corrected chi connectivity index (χ1v) is 11.2. The summed E-state index contributed by atoms with van der Waals surface area (Å²) in [5.74, 6) is 0.331. The summed E-state index contributed by atoms with van der Waals surface area (Å²) in [6, 6.07) is 16.4. The van der Waals surface area contributed by atoms with E-state index in [2.05, 4.69) is 45.9 Å². The van der Waals surface area contributed by atoms with Crippen LogP contribution in [-0.2, 0) is 4.79 Å². The number of anilines is 2. The molecule has 0 spiro atoms. The molecule has 0 bridgehead atoms. The average Bonchev–Trinajstić information content (AvgIpc) is 2.80. The van der Waals surface area contributed by atoms with Crippen molar-refractivity contribution < 1.29 is 9.59 Å². The molecule has 2 aliphatic rings. The van der Waals surface area contributed by atoms with Gasteiger partial charge in [0.25, 0.3) is 0 Å². The summed E-state index contributed by atoms with van der Waals surface area (Å²) in [6.45, 7) is 11.1. The molecule has 0 aromatic heterocycles. The number of Topliss-reactive ketones (excluding diaryl/α,β-unsaturated/α-hetero) is 1. The Morgan fingerprint density at radius 3 is 2.00 bits per heavy atom. The standard InChI is InChI=1S/C25H32N4O2/c1-20-4-3-5-24(18-20)28-14-16-29(17-15-28)25(31)19-26-10-12-27(13-11-26)23-8-6-22(7-9-23)21(2)30/h3-9,18H,10-17,19H2,1-2H3. The lowest BCUT2D eigenvalue weighted by Crippen LogP contribution is -2.54. The Bertz CT molecular complexity index is 911.